The number of hydrogen-bond acceptors (Lipinski definition) is 4. The van der Waals surface area contributed by atoms with Crippen LogP contribution in [0, 0.1) is 0 Å². The van der Waals surface area contributed by atoms with Gasteiger partial charge in [-0.3, -0.25) is 0 Å². The van der Waals surface area contributed by atoms with Gasteiger partial charge in [0.05, 0.1) is 11.4 Å². The largest absolute Gasteiger partial charge is 0.308 e. The number of nitrogens with zero attached hydrogens (tertiary/aromatic N) is 2. The first kappa shape index (κ1) is 41.6. The Morgan fingerprint density at radius 1 is 0.214 bits per heavy atom. The van der Waals surface area contributed by atoms with Crippen molar-refractivity contribution in [2.75, 3.05) is 9.80 Å². The number of benzene rings is 11. The van der Waals surface area contributed by atoms with Gasteiger partial charge in [0.15, 0.2) is 0 Å². The molecule has 0 saturated heterocycles. The zero-order valence-corrected chi connectivity index (χ0v) is 39.7. The van der Waals surface area contributed by atoms with Gasteiger partial charge in [-0.2, -0.15) is 0 Å². The topological polar surface area (TPSA) is 6.48 Å². The summed E-state index contributed by atoms with van der Waals surface area (Å²) in [6.07, 6.45) is 0. The lowest BCUT2D eigenvalue weighted by atomic mass is 9.92. The Hall–Kier alpha value is -8.54. The molecule has 0 radical (unpaired) electrons. The molecule has 0 atom stereocenters. The maximum absolute atomic E-state index is 2.48. The molecule has 13 rings (SSSR count). The van der Waals surface area contributed by atoms with Crippen molar-refractivity contribution in [2.45, 2.75) is 0 Å². The molecule has 0 saturated carbocycles. The van der Waals surface area contributed by atoms with E-state index in [-0.39, 0.29) is 0 Å². The minimum atomic E-state index is 1.05. The monoisotopic (exact) mass is 928 g/mol. The predicted octanol–water partition coefficient (Wildman–Crippen LogP) is 20.0. The minimum absolute atomic E-state index is 1.05. The maximum Gasteiger partial charge on any atom is 0.0709 e. The molecule has 0 aliphatic rings. The van der Waals surface area contributed by atoms with Gasteiger partial charge in [0.1, 0.15) is 0 Å². The molecule has 0 N–H and O–H groups in total. The summed E-state index contributed by atoms with van der Waals surface area (Å²) in [5, 5.41) is 5.11. The van der Waals surface area contributed by atoms with Crippen LogP contribution in [0.1, 0.15) is 0 Å². The van der Waals surface area contributed by atoms with Crippen LogP contribution < -0.4 is 9.80 Å². The van der Waals surface area contributed by atoms with E-state index < -0.39 is 0 Å². The molecule has 2 aromatic heterocycles. The van der Waals surface area contributed by atoms with Crippen molar-refractivity contribution in [3.63, 3.8) is 0 Å². The van der Waals surface area contributed by atoms with Gasteiger partial charge in [0.25, 0.3) is 0 Å². The molecule has 4 heteroatoms. The van der Waals surface area contributed by atoms with Gasteiger partial charge in [0, 0.05) is 63.1 Å². The Bertz CT molecular complexity index is 3710. The molecule has 0 amide bonds. The van der Waals surface area contributed by atoms with E-state index in [1.807, 2.05) is 22.7 Å². The van der Waals surface area contributed by atoms with Crippen molar-refractivity contribution >= 4 is 97.1 Å². The number of anilines is 6. The van der Waals surface area contributed by atoms with Crippen molar-refractivity contribution in [1.29, 1.82) is 0 Å². The molecule has 11 aromatic carbocycles. The fourth-order valence-electron chi connectivity index (χ4n) is 10.1. The Morgan fingerprint density at radius 2 is 0.514 bits per heavy atom. The van der Waals surface area contributed by atoms with Gasteiger partial charge < -0.3 is 9.80 Å². The van der Waals surface area contributed by atoms with Crippen molar-refractivity contribution in [3.8, 4) is 44.5 Å². The first-order valence-corrected chi connectivity index (χ1v) is 25.4. The van der Waals surface area contributed by atoms with Crippen LogP contribution in [0.15, 0.2) is 267 Å². The van der Waals surface area contributed by atoms with Crippen molar-refractivity contribution in [3.05, 3.63) is 267 Å². The highest BCUT2D eigenvalue weighted by Gasteiger charge is 2.27. The van der Waals surface area contributed by atoms with E-state index in [9.17, 15) is 0 Å². The molecular formula is C66H44N2S2. The van der Waals surface area contributed by atoms with Crippen LogP contribution in [0.4, 0.5) is 34.1 Å². The summed E-state index contributed by atoms with van der Waals surface area (Å²) in [5.41, 5.74) is 15.7. The third-order valence-corrected chi connectivity index (χ3v) is 15.7. The minimum Gasteiger partial charge on any atom is -0.308 e. The number of rotatable bonds is 10. The molecule has 0 aliphatic carbocycles. The van der Waals surface area contributed by atoms with E-state index in [1.54, 1.807) is 0 Å². The van der Waals surface area contributed by atoms with Gasteiger partial charge in [-0.15, -0.1) is 22.7 Å². The second kappa shape index (κ2) is 17.8. The van der Waals surface area contributed by atoms with E-state index >= 15 is 0 Å². The fraction of sp³-hybridized carbons (Fsp3) is 0. The lowest BCUT2D eigenvalue weighted by Crippen LogP contribution is -2.17. The summed E-state index contributed by atoms with van der Waals surface area (Å²) in [6, 6.07) is 97.8. The number of hydrogen-bond donors (Lipinski definition) is 0. The summed E-state index contributed by atoms with van der Waals surface area (Å²) in [7, 11) is 0. The third kappa shape index (κ3) is 7.61. The molecule has 0 aliphatic heterocycles. The van der Waals surface area contributed by atoms with Gasteiger partial charge in [-0.05, 0) is 117 Å². The molecular weight excluding hydrogens is 885 g/mol. The summed E-state index contributed by atoms with van der Waals surface area (Å²) in [4.78, 5) is 4.97. The fourth-order valence-corrected chi connectivity index (χ4v) is 12.4. The van der Waals surface area contributed by atoms with E-state index in [2.05, 4.69) is 277 Å². The maximum atomic E-state index is 2.48. The van der Waals surface area contributed by atoms with E-state index in [0.29, 0.717) is 0 Å². The lowest BCUT2D eigenvalue weighted by molar-refractivity contribution is 1.23. The molecule has 0 spiro atoms. The SMILES string of the molecule is c1ccc(-c2ccc(N(c3ccc4c(c3)sc3ccccc34)c3cc(-c4ccccc4)c(-c4ccccc4)cc3N(c3ccc(-c4ccccc4)cc3)c3ccc4c(c3)sc3ccccc34)cc2)cc1. The zero-order valence-electron chi connectivity index (χ0n) is 38.1. The second-order valence-electron chi connectivity index (χ2n) is 17.7. The number of thiophene rings is 2. The molecule has 2 nitrogen and oxygen atoms in total. The first-order valence-electron chi connectivity index (χ1n) is 23.7. The highest BCUT2D eigenvalue weighted by atomic mass is 32.1. The highest BCUT2D eigenvalue weighted by molar-refractivity contribution is 7.26. The van der Waals surface area contributed by atoms with Crippen LogP contribution in [-0.2, 0) is 0 Å². The van der Waals surface area contributed by atoms with Gasteiger partial charge in [-0.1, -0.05) is 194 Å². The van der Waals surface area contributed by atoms with Crippen LogP contribution in [0.25, 0.3) is 84.9 Å². The molecule has 330 valence electrons. The predicted molar refractivity (Wildman–Crippen MR) is 303 cm³/mol. The van der Waals surface area contributed by atoms with Gasteiger partial charge in [0.2, 0.25) is 0 Å². The third-order valence-electron chi connectivity index (χ3n) is 13.5. The summed E-state index contributed by atoms with van der Waals surface area (Å²) < 4.78 is 5.07. The second-order valence-corrected chi connectivity index (χ2v) is 19.8. The Balaban J connectivity index is 1.12. The van der Waals surface area contributed by atoms with Crippen LogP contribution in [-0.4, -0.2) is 0 Å². The average Bonchev–Trinajstić information content (AvgIpc) is 4.00. The molecule has 2 heterocycles. The Labute approximate surface area is 415 Å². The molecule has 0 bridgehead atoms. The van der Waals surface area contributed by atoms with Gasteiger partial charge in [-0.25, -0.2) is 0 Å². The molecule has 13 aromatic rings. The van der Waals surface area contributed by atoms with E-state index in [1.165, 1.54) is 62.6 Å². The van der Waals surface area contributed by atoms with Crippen molar-refractivity contribution in [1.82, 2.24) is 0 Å². The van der Waals surface area contributed by atoms with Crippen LogP contribution in [0.5, 0.6) is 0 Å². The zero-order chi connectivity index (χ0) is 46.4. The first-order chi connectivity index (χ1) is 34.7. The summed E-state index contributed by atoms with van der Waals surface area (Å²) >= 11 is 3.71. The van der Waals surface area contributed by atoms with Crippen molar-refractivity contribution < 1.29 is 0 Å². The lowest BCUT2D eigenvalue weighted by Gasteiger charge is -2.34. The molecule has 70 heavy (non-hydrogen) atoms. The molecule has 0 unspecified atom stereocenters. The standard InChI is InChI=1S/C66H44N2S2/c1-5-17-45(18-6-1)47-29-33-51(34-30-47)67(53-37-39-57-55-25-13-15-27-63(55)69-65(57)41-53)61-43-59(49-21-9-3-10-22-49)60(50-23-11-4-12-24-50)44-62(61)68(52-35-31-48(32-36-52)46-19-7-2-8-20-46)54-38-40-58-56-26-14-16-28-64(56)70-66(58)42-54/h1-44H. The highest BCUT2D eigenvalue weighted by Crippen LogP contribution is 2.52. The van der Waals surface area contributed by atoms with Crippen LogP contribution in [0.3, 0.4) is 0 Å². The Morgan fingerprint density at radius 3 is 0.900 bits per heavy atom. The molecule has 0 fully saturated rings. The normalized spacial score (nSPS) is 11.4. The van der Waals surface area contributed by atoms with E-state index in [0.717, 1.165) is 56.4 Å². The summed E-state index contributed by atoms with van der Waals surface area (Å²) in [6.45, 7) is 0. The summed E-state index contributed by atoms with van der Waals surface area (Å²) in [5.74, 6) is 0. The van der Waals surface area contributed by atoms with E-state index in [4.69, 9.17) is 0 Å². The average molecular weight is 929 g/mol. The smallest absolute Gasteiger partial charge is 0.0709 e. The van der Waals surface area contributed by atoms with Gasteiger partial charge >= 0.3 is 0 Å². The number of fused-ring (bicyclic) bond motifs is 6. The van der Waals surface area contributed by atoms with Crippen molar-refractivity contribution in [2.24, 2.45) is 0 Å². The van der Waals surface area contributed by atoms with Crippen LogP contribution >= 0.6 is 22.7 Å². The van der Waals surface area contributed by atoms with Crippen LogP contribution in [0.2, 0.25) is 0 Å². The Kier molecular flexibility index (Phi) is 10.6. The quantitative estimate of drug-likeness (QED) is 0.135.